The van der Waals surface area contributed by atoms with Crippen molar-refractivity contribution in [3.8, 4) is 0 Å². The fourth-order valence-electron chi connectivity index (χ4n) is 3.26. The molecule has 3 rings (SSSR count). The Bertz CT molecular complexity index is 1000. The van der Waals surface area contributed by atoms with Crippen LogP contribution in [0.3, 0.4) is 0 Å². The Morgan fingerprint density at radius 3 is 2.50 bits per heavy atom. The van der Waals surface area contributed by atoms with E-state index >= 15 is 0 Å². The van der Waals surface area contributed by atoms with Gasteiger partial charge in [0.25, 0.3) is 0 Å². The lowest BCUT2D eigenvalue weighted by molar-refractivity contribution is -0.142. The average molecular weight is 489 g/mol. The van der Waals surface area contributed by atoms with Gasteiger partial charge in [0.1, 0.15) is 5.01 Å². The van der Waals surface area contributed by atoms with Crippen molar-refractivity contribution in [1.29, 1.82) is 0 Å². The zero-order valence-corrected chi connectivity index (χ0v) is 17.5. The molecule has 0 saturated carbocycles. The number of imide groups is 1. The van der Waals surface area contributed by atoms with E-state index in [1.165, 1.54) is 14.0 Å². The van der Waals surface area contributed by atoms with E-state index in [2.05, 4.69) is 14.8 Å². The van der Waals surface area contributed by atoms with Gasteiger partial charge in [-0.15, -0.1) is 0 Å². The first-order valence-electron chi connectivity index (χ1n) is 9.10. The summed E-state index contributed by atoms with van der Waals surface area (Å²) in [5.74, 6) is 0. The summed E-state index contributed by atoms with van der Waals surface area (Å²) in [6.45, 7) is -0.217. The van der Waals surface area contributed by atoms with Gasteiger partial charge < -0.3 is 14.4 Å². The first kappa shape index (κ1) is 24.0. The smallest absolute Gasteiger partial charge is 0.435 e. The number of amides is 3. The van der Waals surface area contributed by atoms with Crippen LogP contribution >= 0.6 is 11.3 Å². The van der Waals surface area contributed by atoms with Crippen molar-refractivity contribution >= 4 is 28.4 Å². The molecule has 9 nitrogen and oxygen atoms in total. The summed E-state index contributed by atoms with van der Waals surface area (Å²) in [5.41, 5.74) is -1.87. The zero-order chi connectivity index (χ0) is 23.8. The van der Waals surface area contributed by atoms with Crippen molar-refractivity contribution in [2.75, 3.05) is 20.3 Å². The van der Waals surface area contributed by atoms with Gasteiger partial charge in [-0.1, -0.05) is 11.3 Å². The number of carbonyl (C=O) groups is 2. The molecule has 3 amide bonds. The monoisotopic (exact) mass is 489 g/mol. The number of alkyl halides is 6. The number of hydrogen-bond donors (Lipinski definition) is 0. The summed E-state index contributed by atoms with van der Waals surface area (Å²) >= 11 is 0.831. The van der Waals surface area contributed by atoms with Crippen LogP contribution in [-0.2, 0) is 28.8 Å². The number of ether oxygens (including phenoxy) is 2. The molecule has 0 spiro atoms. The highest BCUT2D eigenvalue weighted by Gasteiger charge is 2.48. The minimum Gasteiger partial charge on any atom is -0.449 e. The molecule has 1 aliphatic heterocycles. The summed E-state index contributed by atoms with van der Waals surface area (Å²) < 4.78 is 89.9. The Kier molecular flexibility index (Phi) is 6.55. The quantitative estimate of drug-likeness (QED) is 0.576. The molecule has 178 valence electrons. The fourth-order valence-corrected chi connectivity index (χ4v) is 4.14. The van der Waals surface area contributed by atoms with Gasteiger partial charge in [0.2, 0.25) is 4.96 Å². The molecule has 2 aromatic rings. The summed E-state index contributed by atoms with van der Waals surface area (Å²) in [7, 11) is 1.36. The second-order valence-electron chi connectivity index (χ2n) is 6.73. The maximum Gasteiger partial charge on any atom is 0.435 e. The third-order valence-corrected chi connectivity index (χ3v) is 5.30. The van der Waals surface area contributed by atoms with E-state index < -0.39 is 61.4 Å². The predicted octanol–water partition coefficient (Wildman–Crippen LogP) is 3.67. The first-order chi connectivity index (χ1) is 14.9. The van der Waals surface area contributed by atoms with Crippen LogP contribution in [0.1, 0.15) is 29.7 Å². The molecular weight excluding hydrogens is 472 g/mol. The lowest BCUT2D eigenvalue weighted by Gasteiger charge is -2.21. The molecule has 32 heavy (non-hydrogen) atoms. The van der Waals surface area contributed by atoms with Crippen LogP contribution in [0.2, 0.25) is 0 Å². The number of aromatic nitrogens is 3. The minimum absolute atomic E-state index is 0.00174. The number of imidazole rings is 1. The summed E-state index contributed by atoms with van der Waals surface area (Å²) in [5, 5.41) is 4.30. The first-order valence-corrected chi connectivity index (χ1v) is 9.92. The van der Waals surface area contributed by atoms with Crippen LogP contribution < -0.4 is 0 Å². The van der Waals surface area contributed by atoms with Crippen LogP contribution in [0.15, 0.2) is 0 Å². The molecule has 1 aliphatic rings. The van der Waals surface area contributed by atoms with E-state index in [1.54, 1.807) is 0 Å². The Morgan fingerprint density at radius 2 is 1.94 bits per heavy atom. The lowest BCUT2D eigenvalue weighted by Crippen LogP contribution is -2.42. The largest absolute Gasteiger partial charge is 0.449 e. The van der Waals surface area contributed by atoms with Gasteiger partial charge in [-0.05, 0) is 6.92 Å². The van der Waals surface area contributed by atoms with Crippen molar-refractivity contribution in [2.45, 2.75) is 44.9 Å². The van der Waals surface area contributed by atoms with E-state index in [-0.39, 0.29) is 23.1 Å². The van der Waals surface area contributed by atoms with E-state index in [4.69, 9.17) is 4.74 Å². The molecule has 0 N–H and O–H groups in total. The highest BCUT2D eigenvalue weighted by atomic mass is 32.1. The van der Waals surface area contributed by atoms with Gasteiger partial charge in [-0.3, -0.25) is 0 Å². The van der Waals surface area contributed by atoms with E-state index in [1.807, 2.05) is 0 Å². The van der Waals surface area contributed by atoms with Gasteiger partial charge in [0.05, 0.1) is 37.9 Å². The van der Waals surface area contributed by atoms with Gasteiger partial charge >= 0.3 is 24.5 Å². The van der Waals surface area contributed by atoms with Crippen molar-refractivity contribution < 1.29 is 45.4 Å². The van der Waals surface area contributed by atoms with E-state index in [9.17, 15) is 35.9 Å². The van der Waals surface area contributed by atoms with Gasteiger partial charge in [-0.25, -0.2) is 24.0 Å². The Balaban J connectivity index is 1.97. The molecule has 1 unspecified atom stereocenters. The number of urea groups is 1. The van der Waals surface area contributed by atoms with E-state index in [0.717, 1.165) is 15.9 Å². The number of fused-ring (bicyclic) bond motifs is 1. The molecule has 0 bridgehead atoms. The Morgan fingerprint density at radius 1 is 1.25 bits per heavy atom. The fraction of sp³-hybridized carbons (Fsp3) is 0.625. The molecule has 2 aromatic heterocycles. The topological polar surface area (TPSA) is 89.3 Å². The Labute approximate surface area is 180 Å². The highest BCUT2D eigenvalue weighted by Crippen LogP contribution is 2.35. The molecule has 1 atom stereocenters. The molecule has 3 heterocycles. The average Bonchev–Trinajstić information content (AvgIpc) is 3.27. The number of nitrogens with zero attached hydrogens (tertiary/aromatic N) is 5. The van der Waals surface area contributed by atoms with Crippen molar-refractivity contribution in [2.24, 2.45) is 0 Å². The number of carbonyl (C=O) groups excluding carboxylic acids is 2. The second kappa shape index (κ2) is 8.73. The maximum absolute atomic E-state index is 13.5. The van der Waals surface area contributed by atoms with Crippen molar-refractivity contribution in [1.82, 2.24) is 24.4 Å². The van der Waals surface area contributed by atoms with Gasteiger partial charge in [0.15, 0.2) is 5.69 Å². The van der Waals surface area contributed by atoms with E-state index in [0.29, 0.717) is 9.91 Å². The number of rotatable bonds is 6. The van der Waals surface area contributed by atoms with Gasteiger partial charge in [0, 0.05) is 13.7 Å². The van der Waals surface area contributed by atoms with Gasteiger partial charge in [-0.2, -0.15) is 31.4 Å². The summed E-state index contributed by atoms with van der Waals surface area (Å²) in [6, 6.07) is -2.85. The summed E-state index contributed by atoms with van der Waals surface area (Å²) in [4.78, 5) is 29.2. The molecule has 1 fully saturated rings. The highest BCUT2D eigenvalue weighted by molar-refractivity contribution is 7.16. The molecule has 1 saturated heterocycles. The molecule has 0 aliphatic carbocycles. The normalized spacial score (nSPS) is 17.6. The third kappa shape index (κ3) is 4.90. The molecule has 0 aromatic carbocycles. The molecule has 16 heteroatoms. The minimum atomic E-state index is -4.90. The summed E-state index contributed by atoms with van der Waals surface area (Å²) in [6.07, 6.45) is -12.5. The van der Waals surface area contributed by atoms with Crippen LogP contribution in [0, 0.1) is 0 Å². The number of hydrogen-bond acceptors (Lipinski definition) is 7. The van der Waals surface area contributed by atoms with Crippen LogP contribution in [0.4, 0.5) is 35.9 Å². The zero-order valence-electron chi connectivity index (χ0n) is 16.7. The number of halogens is 6. The lowest BCUT2D eigenvalue weighted by atomic mass is 10.2. The maximum atomic E-state index is 13.5. The molecular formula is C16H17F6N5O4S. The van der Waals surface area contributed by atoms with Crippen molar-refractivity contribution in [3.05, 3.63) is 16.4 Å². The van der Waals surface area contributed by atoms with Crippen molar-refractivity contribution in [3.63, 3.8) is 0 Å². The standard InChI is InChI=1S/C16H17F6N5O4S/c1-3-31-14(29)26-8(4-15(17,18)19)5-25(13(26)28)6-9-11(16(20,21)22)23-12-27(9)24-10(32-12)7-30-2/h8H,3-7H2,1-2H3. The third-order valence-electron chi connectivity index (χ3n) is 4.42. The Hall–Kier alpha value is -2.62. The van der Waals surface area contributed by atoms with Crippen LogP contribution in [0.5, 0.6) is 0 Å². The number of methoxy groups -OCH3 is 1. The SMILES string of the molecule is CCOC(=O)N1C(=O)N(Cc2c(C(F)(F)F)nc3sc(COC)nn23)CC1CC(F)(F)F. The predicted molar refractivity (Wildman–Crippen MR) is 95.7 cm³/mol. The molecule has 0 radical (unpaired) electrons. The van der Waals surface area contributed by atoms with Crippen LogP contribution in [-0.4, -0.2) is 69.0 Å². The second-order valence-corrected chi connectivity index (χ2v) is 7.77. The van der Waals surface area contributed by atoms with Crippen LogP contribution in [0.25, 0.3) is 4.96 Å².